The van der Waals surface area contributed by atoms with Crippen molar-refractivity contribution in [3.8, 4) is 0 Å². The summed E-state index contributed by atoms with van der Waals surface area (Å²) in [6.07, 6.45) is 1.47. The van der Waals surface area contributed by atoms with Crippen LogP contribution in [0.25, 0.3) is 10.9 Å². The van der Waals surface area contributed by atoms with Gasteiger partial charge < -0.3 is 9.80 Å². The van der Waals surface area contributed by atoms with Gasteiger partial charge in [-0.1, -0.05) is 42.0 Å². The van der Waals surface area contributed by atoms with Crippen molar-refractivity contribution >= 4 is 32.1 Å². The van der Waals surface area contributed by atoms with Crippen LogP contribution >= 0.6 is 0 Å². The van der Waals surface area contributed by atoms with Gasteiger partial charge in [-0.2, -0.15) is 0 Å². The van der Waals surface area contributed by atoms with E-state index < -0.39 is 9.84 Å². The number of sulfone groups is 1. The molecule has 5 nitrogen and oxygen atoms in total. The lowest BCUT2D eigenvalue weighted by atomic mass is 10.1. The van der Waals surface area contributed by atoms with Gasteiger partial charge in [0.05, 0.1) is 21.8 Å². The van der Waals surface area contributed by atoms with Crippen molar-refractivity contribution in [2.24, 2.45) is 0 Å². The summed E-state index contributed by atoms with van der Waals surface area (Å²) >= 11 is 0. The van der Waals surface area contributed by atoms with Gasteiger partial charge in [-0.3, -0.25) is 4.98 Å². The molecule has 1 saturated heterocycles. The highest BCUT2D eigenvalue weighted by Crippen LogP contribution is 2.37. The summed E-state index contributed by atoms with van der Waals surface area (Å²) in [5.41, 5.74) is 3.02. The van der Waals surface area contributed by atoms with Crippen molar-refractivity contribution in [3.05, 3.63) is 90.4 Å². The van der Waals surface area contributed by atoms with Crippen LogP contribution in [0, 0.1) is 12.7 Å². The average Bonchev–Trinajstić information content (AvgIpc) is 2.84. The Balaban J connectivity index is 1.59. The van der Waals surface area contributed by atoms with Crippen LogP contribution in [0.5, 0.6) is 0 Å². The summed E-state index contributed by atoms with van der Waals surface area (Å²) in [6.45, 7) is 4.29. The SMILES string of the molecule is Cc1ccc2ncc(S(=O)(=O)c3ccccc3)c(N3CCN(c4ccccc4F)CC3)c2c1. The Kier molecular flexibility index (Phi) is 5.50. The van der Waals surface area contributed by atoms with Gasteiger partial charge in [0, 0.05) is 37.8 Å². The maximum Gasteiger partial charge on any atom is 0.210 e. The molecule has 0 N–H and O–H groups in total. The minimum absolute atomic E-state index is 0.200. The van der Waals surface area contributed by atoms with Crippen molar-refractivity contribution < 1.29 is 12.8 Å². The minimum Gasteiger partial charge on any atom is -0.366 e. The first kappa shape index (κ1) is 21.4. The van der Waals surface area contributed by atoms with Crippen LogP contribution in [0.1, 0.15) is 5.56 Å². The Labute approximate surface area is 193 Å². The molecular formula is C26H24FN3O2S. The summed E-state index contributed by atoms with van der Waals surface area (Å²) < 4.78 is 41.6. The van der Waals surface area contributed by atoms with E-state index in [0.717, 1.165) is 16.5 Å². The number of hydrogen-bond acceptors (Lipinski definition) is 5. The van der Waals surface area contributed by atoms with E-state index in [0.29, 0.717) is 37.6 Å². The lowest BCUT2D eigenvalue weighted by Crippen LogP contribution is -2.47. The number of rotatable bonds is 4. The number of aryl methyl sites for hydroxylation is 1. The summed E-state index contributed by atoms with van der Waals surface area (Å²) in [6, 6.07) is 21.1. The van der Waals surface area contributed by atoms with E-state index in [9.17, 15) is 12.8 Å². The van der Waals surface area contributed by atoms with Gasteiger partial charge in [0.25, 0.3) is 0 Å². The number of pyridine rings is 1. The van der Waals surface area contributed by atoms with Crippen molar-refractivity contribution in [2.45, 2.75) is 16.7 Å². The van der Waals surface area contributed by atoms with Crippen molar-refractivity contribution in [1.29, 1.82) is 0 Å². The fourth-order valence-electron chi connectivity index (χ4n) is 4.40. The van der Waals surface area contributed by atoms with Gasteiger partial charge in [0.15, 0.2) is 0 Å². The second-order valence-electron chi connectivity index (χ2n) is 8.23. The average molecular weight is 462 g/mol. The molecule has 7 heteroatoms. The first-order valence-electron chi connectivity index (χ1n) is 10.9. The van der Waals surface area contributed by atoms with E-state index in [2.05, 4.69) is 9.88 Å². The number of benzene rings is 3. The molecule has 33 heavy (non-hydrogen) atoms. The lowest BCUT2D eigenvalue weighted by molar-refractivity contribution is 0.590. The molecule has 4 aromatic rings. The van der Waals surface area contributed by atoms with E-state index in [1.807, 2.05) is 36.1 Å². The number of piperazine rings is 1. The lowest BCUT2D eigenvalue weighted by Gasteiger charge is -2.38. The number of hydrogen-bond donors (Lipinski definition) is 0. The third kappa shape index (κ3) is 3.93. The molecule has 0 atom stereocenters. The molecule has 3 aromatic carbocycles. The highest BCUT2D eigenvalue weighted by Gasteiger charge is 2.29. The maximum absolute atomic E-state index is 14.3. The largest absolute Gasteiger partial charge is 0.366 e. The Morgan fingerprint density at radius 1 is 0.848 bits per heavy atom. The normalized spacial score (nSPS) is 14.6. The summed E-state index contributed by atoms with van der Waals surface area (Å²) in [4.78, 5) is 9.02. The van der Waals surface area contributed by atoms with Gasteiger partial charge in [-0.25, -0.2) is 12.8 Å². The van der Waals surface area contributed by atoms with Gasteiger partial charge >= 0.3 is 0 Å². The molecule has 0 saturated carbocycles. The molecule has 0 bridgehead atoms. The smallest absolute Gasteiger partial charge is 0.210 e. The molecule has 0 amide bonds. The summed E-state index contributed by atoms with van der Waals surface area (Å²) in [7, 11) is -3.77. The number of halogens is 1. The van der Waals surface area contributed by atoms with Gasteiger partial charge in [0.1, 0.15) is 10.7 Å². The molecule has 168 valence electrons. The highest BCUT2D eigenvalue weighted by molar-refractivity contribution is 7.91. The van der Waals surface area contributed by atoms with E-state index in [4.69, 9.17) is 0 Å². The molecule has 0 radical (unpaired) electrons. The fourth-order valence-corrected chi connectivity index (χ4v) is 5.86. The standard InChI is InChI=1S/C26H24FN3O2S/c1-19-11-12-23-21(17-19)26(25(18-28-23)33(31,32)20-7-3-2-4-8-20)30-15-13-29(14-16-30)24-10-6-5-9-22(24)27/h2-12,17-18H,13-16H2,1H3. The van der Waals surface area contributed by atoms with E-state index >= 15 is 0 Å². The van der Waals surface area contributed by atoms with Crippen LogP contribution < -0.4 is 9.80 Å². The Bertz CT molecular complexity index is 1420. The molecule has 1 aromatic heterocycles. The topological polar surface area (TPSA) is 53.5 Å². The molecule has 2 heterocycles. The molecule has 1 aliphatic heterocycles. The summed E-state index contributed by atoms with van der Waals surface area (Å²) in [5.74, 6) is -0.247. The predicted octanol–water partition coefficient (Wildman–Crippen LogP) is 4.84. The third-order valence-electron chi connectivity index (χ3n) is 6.09. The first-order valence-corrected chi connectivity index (χ1v) is 12.4. The minimum atomic E-state index is -3.77. The number of aromatic nitrogens is 1. The summed E-state index contributed by atoms with van der Waals surface area (Å²) in [5, 5.41) is 0.811. The van der Waals surface area contributed by atoms with Crippen molar-refractivity contribution in [1.82, 2.24) is 4.98 Å². The van der Waals surface area contributed by atoms with Gasteiger partial charge in [-0.15, -0.1) is 0 Å². The molecule has 1 aliphatic rings. The number of fused-ring (bicyclic) bond motifs is 1. The van der Waals surface area contributed by atoms with Crippen LogP contribution in [0.15, 0.2) is 88.8 Å². The molecule has 5 rings (SSSR count). The Morgan fingerprint density at radius 3 is 2.24 bits per heavy atom. The van der Waals surface area contributed by atoms with Crippen LogP contribution in [0.2, 0.25) is 0 Å². The zero-order valence-electron chi connectivity index (χ0n) is 18.3. The van der Waals surface area contributed by atoms with Crippen LogP contribution in [0.3, 0.4) is 0 Å². The predicted molar refractivity (Wildman–Crippen MR) is 129 cm³/mol. The van der Waals surface area contributed by atoms with Crippen LogP contribution in [0.4, 0.5) is 15.8 Å². The Hall–Kier alpha value is -3.45. The van der Waals surface area contributed by atoms with Crippen molar-refractivity contribution in [3.63, 3.8) is 0 Å². The third-order valence-corrected chi connectivity index (χ3v) is 7.86. The number of nitrogens with zero attached hydrogens (tertiary/aromatic N) is 3. The van der Waals surface area contributed by atoms with Gasteiger partial charge in [0.2, 0.25) is 9.84 Å². The first-order chi connectivity index (χ1) is 15.9. The highest BCUT2D eigenvalue weighted by atomic mass is 32.2. The molecular weight excluding hydrogens is 437 g/mol. The van der Waals surface area contributed by atoms with Crippen molar-refractivity contribution in [2.75, 3.05) is 36.0 Å². The van der Waals surface area contributed by atoms with Crippen LogP contribution in [-0.2, 0) is 9.84 Å². The number of para-hydroxylation sites is 1. The monoisotopic (exact) mass is 461 g/mol. The van der Waals surface area contributed by atoms with E-state index in [-0.39, 0.29) is 15.6 Å². The zero-order valence-corrected chi connectivity index (χ0v) is 19.1. The molecule has 0 spiro atoms. The second-order valence-corrected chi connectivity index (χ2v) is 10.2. The molecule has 1 fully saturated rings. The molecule has 0 unspecified atom stereocenters. The van der Waals surface area contributed by atoms with E-state index in [1.165, 1.54) is 12.3 Å². The molecule has 0 aliphatic carbocycles. The van der Waals surface area contributed by atoms with Crippen LogP contribution in [-0.4, -0.2) is 39.6 Å². The fraction of sp³-hybridized carbons (Fsp3) is 0.192. The van der Waals surface area contributed by atoms with Gasteiger partial charge in [-0.05, 0) is 43.3 Å². The second kappa shape index (κ2) is 8.48. The number of anilines is 2. The quantitative estimate of drug-likeness (QED) is 0.435. The van der Waals surface area contributed by atoms with E-state index in [1.54, 1.807) is 42.5 Å². The zero-order chi connectivity index (χ0) is 23.0. The maximum atomic E-state index is 14.3. The Morgan fingerprint density at radius 2 is 1.52 bits per heavy atom.